The molecule has 1 nitrogen and oxygen atoms in total. The van der Waals surface area contributed by atoms with E-state index in [9.17, 15) is 17.6 Å². The molecule has 0 saturated heterocycles. The van der Waals surface area contributed by atoms with Crippen LogP contribution in [0.1, 0.15) is 5.56 Å². The van der Waals surface area contributed by atoms with E-state index in [0.29, 0.717) is 11.8 Å². The van der Waals surface area contributed by atoms with Crippen molar-refractivity contribution in [2.24, 2.45) is 0 Å². The highest BCUT2D eigenvalue weighted by Gasteiger charge is 2.14. The smallest absolute Gasteiger partial charge is 0.159 e. The Labute approximate surface area is 110 Å². The lowest BCUT2D eigenvalue weighted by Gasteiger charge is -2.05. The molecule has 0 aliphatic carbocycles. The molecule has 2 aromatic carbocycles. The van der Waals surface area contributed by atoms with Gasteiger partial charge in [-0.15, -0.1) is 0 Å². The molecule has 0 spiro atoms. The second-order valence-electron chi connectivity index (χ2n) is 3.56. The van der Waals surface area contributed by atoms with Gasteiger partial charge in [0.2, 0.25) is 0 Å². The maximum absolute atomic E-state index is 13.6. The van der Waals surface area contributed by atoms with Gasteiger partial charge in [0.1, 0.15) is 11.6 Å². The molecule has 0 aliphatic rings. The summed E-state index contributed by atoms with van der Waals surface area (Å²) in [5.74, 6) is -3.98. The van der Waals surface area contributed by atoms with E-state index >= 15 is 0 Å². The lowest BCUT2D eigenvalue weighted by Crippen LogP contribution is -1.91. The summed E-state index contributed by atoms with van der Waals surface area (Å²) >= 11 is 0.617. The van der Waals surface area contributed by atoms with Crippen LogP contribution in [-0.2, 0) is 0 Å². The van der Waals surface area contributed by atoms with Gasteiger partial charge in [-0.05, 0) is 30.3 Å². The third-order valence-electron chi connectivity index (χ3n) is 2.24. The van der Waals surface area contributed by atoms with Gasteiger partial charge < -0.3 is 0 Å². The zero-order valence-corrected chi connectivity index (χ0v) is 10.1. The molecule has 0 bridgehead atoms. The van der Waals surface area contributed by atoms with Gasteiger partial charge in [0.05, 0.1) is 16.5 Å². The van der Waals surface area contributed by atoms with Crippen molar-refractivity contribution in [1.29, 1.82) is 5.26 Å². The van der Waals surface area contributed by atoms with E-state index in [1.54, 1.807) is 6.07 Å². The molecule has 19 heavy (non-hydrogen) atoms. The monoisotopic (exact) mass is 283 g/mol. The quantitative estimate of drug-likeness (QED) is 0.769. The third kappa shape index (κ3) is 2.88. The van der Waals surface area contributed by atoms with Crippen LogP contribution in [0.3, 0.4) is 0 Å². The number of hydrogen-bond acceptors (Lipinski definition) is 2. The molecule has 0 heterocycles. The summed E-state index contributed by atoms with van der Waals surface area (Å²) < 4.78 is 52.9. The van der Waals surface area contributed by atoms with Crippen LogP contribution in [0.5, 0.6) is 0 Å². The maximum Gasteiger partial charge on any atom is 0.159 e. The van der Waals surface area contributed by atoms with Gasteiger partial charge in [0, 0.05) is 4.90 Å². The summed E-state index contributed by atoms with van der Waals surface area (Å²) in [6.45, 7) is 0. The predicted octanol–water partition coefficient (Wildman–Crippen LogP) is 4.27. The lowest BCUT2D eigenvalue weighted by molar-refractivity contribution is 0.505. The first kappa shape index (κ1) is 13.4. The maximum atomic E-state index is 13.6. The van der Waals surface area contributed by atoms with E-state index in [2.05, 4.69) is 0 Å². The largest absolute Gasteiger partial charge is 0.206 e. The van der Waals surface area contributed by atoms with Crippen molar-refractivity contribution in [2.45, 2.75) is 9.79 Å². The molecule has 2 rings (SSSR count). The van der Waals surface area contributed by atoms with Crippen molar-refractivity contribution in [1.82, 2.24) is 0 Å². The molecule has 0 aliphatic heterocycles. The Morgan fingerprint density at radius 2 is 1.47 bits per heavy atom. The Kier molecular flexibility index (Phi) is 3.76. The minimum absolute atomic E-state index is 0.148. The molecule has 96 valence electrons. The normalized spacial score (nSPS) is 10.3. The Balaban J connectivity index is 2.38. The van der Waals surface area contributed by atoms with Gasteiger partial charge in [-0.1, -0.05) is 11.8 Å². The van der Waals surface area contributed by atoms with Gasteiger partial charge in [0.15, 0.2) is 11.6 Å². The molecule has 0 saturated carbocycles. The molecular formula is C13H5F4NS. The summed E-state index contributed by atoms with van der Waals surface area (Å²) in [5, 5.41) is 8.55. The summed E-state index contributed by atoms with van der Waals surface area (Å²) in [7, 11) is 0. The first-order valence-electron chi connectivity index (χ1n) is 5.03. The van der Waals surface area contributed by atoms with Crippen molar-refractivity contribution in [3.8, 4) is 6.07 Å². The van der Waals surface area contributed by atoms with Gasteiger partial charge in [-0.25, -0.2) is 17.6 Å². The van der Waals surface area contributed by atoms with Crippen molar-refractivity contribution in [3.05, 3.63) is 59.2 Å². The zero-order valence-electron chi connectivity index (χ0n) is 9.25. The van der Waals surface area contributed by atoms with Crippen LogP contribution in [0, 0.1) is 34.6 Å². The van der Waals surface area contributed by atoms with Crippen molar-refractivity contribution < 1.29 is 17.6 Å². The van der Waals surface area contributed by atoms with Crippen LogP contribution in [0.4, 0.5) is 17.6 Å². The molecule has 0 aromatic heterocycles. The van der Waals surface area contributed by atoms with E-state index in [-0.39, 0.29) is 15.4 Å². The first-order valence-corrected chi connectivity index (χ1v) is 5.85. The van der Waals surface area contributed by atoms with E-state index in [0.717, 1.165) is 24.3 Å². The minimum atomic E-state index is -1.10. The number of halogens is 4. The molecule has 0 amide bonds. The van der Waals surface area contributed by atoms with E-state index in [4.69, 9.17) is 5.26 Å². The van der Waals surface area contributed by atoms with Crippen LogP contribution in [0.25, 0.3) is 0 Å². The van der Waals surface area contributed by atoms with E-state index in [1.165, 1.54) is 6.07 Å². The van der Waals surface area contributed by atoms with Crippen molar-refractivity contribution in [3.63, 3.8) is 0 Å². The SMILES string of the molecule is N#Cc1cc(F)c(Sc2ccc(F)c(F)c2)c(F)c1. The molecule has 0 fully saturated rings. The molecule has 0 N–H and O–H groups in total. The Hall–Kier alpha value is -2.00. The number of hydrogen-bond donors (Lipinski definition) is 0. The molecule has 0 unspecified atom stereocenters. The van der Waals surface area contributed by atoms with Crippen LogP contribution in [-0.4, -0.2) is 0 Å². The summed E-state index contributed by atoms with van der Waals surface area (Å²) in [4.78, 5) is -0.216. The molecule has 2 aromatic rings. The standard InChI is InChI=1S/C13H5F4NS/c14-9-2-1-8(5-10(9)15)19-13-11(16)3-7(6-18)4-12(13)17/h1-5H. The molecular weight excluding hydrogens is 278 g/mol. The summed E-state index contributed by atoms with van der Waals surface area (Å²) in [5.41, 5.74) is -0.148. The topological polar surface area (TPSA) is 23.8 Å². The Morgan fingerprint density at radius 1 is 0.842 bits per heavy atom. The second-order valence-corrected chi connectivity index (χ2v) is 4.64. The fraction of sp³-hybridized carbons (Fsp3) is 0. The Bertz CT molecular complexity index is 656. The van der Waals surface area contributed by atoms with Crippen LogP contribution in [0.2, 0.25) is 0 Å². The molecule has 6 heteroatoms. The lowest BCUT2D eigenvalue weighted by atomic mass is 10.2. The predicted molar refractivity (Wildman–Crippen MR) is 61.6 cm³/mol. The minimum Gasteiger partial charge on any atom is -0.206 e. The highest BCUT2D eigenvalue weighted by Crippen LogP contribution is 2.33. The van der Waals surface area contributed by atoms with Crippen LogP contribution >= 0.6 is 11.8 Å². The highest BCUT2D eigenvalue weighted by atomic mass is 32.2. The summed E-state index contributed by atoms with van der Waals surface area (Å²) in [6.07, 6.45) is 0. The Morgan fingerprint density at radius 3 is 2.00 bits per heavy atom. The van der Waals surface area contributed by atoms with Crippen molar-refractivity contribution in [2.75, 3.05) is 0 Å². The average Bonchev–Trinajstić information content (AvgIpc) is 2.37. The zero-order chi connectivity index (χ0) is 14.0. The second kappa shape index (κ2) is 5.33. The molecule has 0 radical (unpaired) electrons. The number of rotatable bonds is 2. The first-order chi connectivity index (χ1) is 9.01. The summed E-state index contributed by atoms with van der Waals surface area (Å²) in [6, 6.07) is 6.30. The van der Waals surface area contributed by atoms with Crippen LogP contribution in [0.15, 0.2) is 40.1 Å². The van der Waals surface area contributed by atoms with Crippen LogP contribution < -0.4 is 0 Å². The van der Waals surface area contributed by atoms with Gasteiger partial charge in [-0.2, -0.15) is 5.26 Å². The van der Waals surface area contributed by atoms with E-state index < -0.39 is 23.3 Å². The highest BCUT2D eigenvalue weighted by molar-refractivity contribution is 7.99. The van der Waals surface area contributed by atoms with Gasteiger partial charge >= 0.3 is 0 Å². The fourth-order valence-electron chi connectivity index (χ4n) is 1.38. The number of benzene rings is 2. The van der Waals surface area contributed by atoms with Gasteiger partial charge in [0.25, 0.3) is 0 Å². The van der Waals surface area contributed by atoms with Gasteiger partial charge in [-0.3, -0.25) is 0 Å². The third-order valence-corrected chi connectivity index (χ3v) is 3.32. The number of nitriles is 1. The average molecular weight is 283 g/mol. The van der Waals surface area contributed by atoms with E-state index in [1.807, 2.05) is 0 Å². The molecule has 0 atom stereocenters. The van der Waals surface area contributed by atoms with Crippen molar-refractivity contribution >= 4 is 11.8 Å². The fourth-order valence-corrected chi connectivity index (χ4v) is 2.23. The number of nitrogens with zero attached hydrogens (tertiary/aromatic N) is 1.